The van der Waals surface area contributed by atoms with Crippen LogP contribution in [0.2, 0.25) is 0 Å². The lowest BCUT2D eigenvalue weighted by Crippen LogP contribution is -2.20. The molecule has 1 aliphatic heterocycles. The molecule has 1 saturated heterocycles. The van der Waals surface area contributed by atoms with Gasteiger partial charge in [0, 0.05) is 11.8 Å². The zero-order valence-corrected chi connectivity index (χ0v) is 8.95. The van der Waals surface area contributed by atoms with Crippen molar-refractivity contribution in [1.82, 2.24) is 5.32 Å². The van der Waals surface area contributed by atoms with Crippen molar-refractivity contribution in [2.45, 2.75) is 39.0 Å². The summed E-state index contributed by atoms with van der Waals surface area (Å²) >= 11 is 0. The first kappa shape index (κ1) is 10.3. The fourth-order valence-electron chi connectivity index (χ4n) is 2.71. The molecule has 2 fully saturated rings. The molecule has 2 aliphatic rings. The summed E-state index contributed by atoms with van der Waals surface area (Å²) < 4.78 is 26.0. The van der Waals surface area contributed by atoms with Crippen molar-refractivity contribution < 1.29 is 8.78 Å². The van der Waals surface area contributed by atoms with Gasteiger partial charge in [0.1, 0.15) is 0 Å². The molecule has 1 heterocycles. The Morgan fingerprint density at radius 1 is 1.50 bits per heavy atom. The predicted molar refractivity (Wildman–Crippen MR) is 52.4 cm³/mol. The first-order valence-electron chi connectivity index (χ1n) is 5.53. The van der Waals surface area contributed by atoms with Crippen LogP contribution in [0.15, 0.2) is 0 Å². The summed E-state index contributed by atoms with van der Waals surface area (Å²) in [5.74, 6) is -1.33. The Morgan fingerprint density at radius 3 is 2.57 bits per heavy atom. The van der Waals surface area contributed by atoms with Crippen molar-refractivity contribution >= 4 is 0 Å². The molecule has 82 valence electrons. The van der Waals surface area contributed by atoms with Crippen molar-refractivity contribution in [1.29, 1.82) is 0 Å². The molecule has 0 aromatic heterocycles. The summed E-state index contributed by atoms with van der Waals surface area (Å²) in [5, 5.41) is 3.29. The van der Waals surface area contributed by atoms with E-state index in [2.05, 4.69) is 12.2 Å². The molecule has 0 spiro atoms. The molecule has 1 saturated carbocycles. The maximum Gasteiger partial charge on any atom is 0.254 e. The molecule has 1 nitrogen and oxygen atoms in total. The number of nitrogens with one attached hydrogen (secondary N) is 1. The van der Waals surface area contributed by atoms with Gasteiger partial charge in [-0.1, -0.05) is 13.8 Å². The van der Waals surface area contributed by atoms with E-state index in [1.807, 2.05) is 0 Å². The normalized spacial score (nSPS) is 42.4. The molecular formula is C11H19F2N. The standard InChI is InChI=1S/C11H19F2N/c1-8(9-3-4-14-6-9)5-10(2)7-11(10,12)13/h8-9,14H,3-7H2,1-2H3. The van der Waals surface area contributed by atoms with Gasteiger partial charge in [-0.05, 0) is 37.8 Å². The molecule has 3 atom stereocenters. The number of hydrogen-bond donors (Lipinski definition) is 1. The highest BCUT2D eigenvalue weighted by atomic mass is 19.3. The van der Waals surface area contributed by atoms with Crippen LogP contribution in [0.3, 0.4) is 0 Å². The molecular weight excluding hydrogens is 184 g/mol. The van der Waals surface area contributed by atoms with Gasteiger partial charge in [-0.2, -0.15) is 0 Å². The second-order valence-electron chi connectivity index (χ2n) is 5.38. The van der Waals surface area contributed by atoms with E-state index < -0.39 is 11.3 Å². The highest BCUT2D eigenvalue weighted by molar-refractivity contribution is 5.07. The Balaban J connectivity index is 1.86. The van der Waals surface area contributed by atoms with Gasteiger partial charge in [0.05, 0.1) is 0 Å². The molecule has 0 aromatic carbocycles. The van der Waals surface area contributed by atoms with Crippen LogP contribution in [-0.2, 0) is 0 Å². The average Bonchev–Trinajstić information content (AvgIpc) is 2.55. The summed E-state index contributed by atoms with van der Waals surface area (Å²) in [6.07, 6.45) is 1.94. The van der Waals surface area contributed by atoms with E-state index in [4.69, 9.17) is 0 Å². The average molecular weight is 203 g/mol. The second kappa shape index (κ2) is 3.16. The topological polar surface area (TPSA) is 12.0 Å². The largest absolute Gasteiger partial charge is 0.316 e. The van der Waals surface area contributed by atoms with Crippen molar-refractivity contribution in [2.24, 2.45) is 17.3 Å². The Labute approximate surface area is 84.3 Å². The molecule has 0 aromatic rings. The monoisotopic (exact) mass is 203 g/mol. The lowest BCUT2D eigenvalue weighted by molar-refractivity contribution is 0.0578. The molecule has 0 amide bonds. The number of halogens is 2. The van der Waals surface area contributed by atoms with Gasteiger partial charge in [0.15, 0.2) is 0 Å². The SMILES string of the molecule is CC(CC1(C)CC1(F)F)C1CCNC1. The number of hydrogen-bond acceptors (Lipinski definition) is 1. The molecule has 3 unspecified atom stereocenters. The molecule has 0 bridgehead atoms. The lowest BCUT2D eigenvalue weighted by atomic mass is 9.84. The van der Waals surface area contributed by atoms with E-state index in [1.165, 1.54) is 0 Å². The third kappa shape index (κ3) is 1.67. The van der Waals surface area contributed by atoms with E-state index in [0.29, 0.717) is 18.3 Å². The zero-order valence-electron chi connectivity index (χ0n) is 8.95. The van der Waals surface area contributed by atoms with E-state index in [1.54, 1.807) is 6.92 Å². The minimum atomic E-state index is -2.38. The summed E-state index contributed by atoms with van der Waals surface area (Å²) in [4.78, 5) is 0. The van der Waals surface area contributed by atoms with E-state index >= 15 is 0 Å². The minimum absolute atomic E-state index is 0.102. The van der Waals surface area contributed by atoms with Gasteiger partial charge < -0.3 is 5.32 Å². The molecule has 14 heavy (non-hydrogen) atoms. The molecule has 0 radical (unpaired) electrons. The van der Waals surface area contributed by atoms with Gasteiger partial charge in [0.2, 0.25) is 0 Å². The maximum absolute atomic E-state index is 13.0. The molecule has 1 N–H and O–H groups in total. The van der Waals surface area contributed by atoms with Crippen LogP contribution in [0.1, 0.15) is 33.1 Å². The predicted octanol–water partition coefficient (Wildman–Crippen LogP) is 2.67. The first-order valence-corrected chi connectivity index (χ1v) is 5.53. The van der Waals surface area contributed by atoms with Crippen LogP contribution in [0, 0.1) is 17.3 Å². The van der Waals surface area contributed by atoms with Crippen LogP contribution in [0.5, 0.6) is 0 Å². The maximum atomic E-state index is 13.0. The highest BCUT2D eigenvalue weighted by Crippen LogP contribution is 2.63. The van der Waals surface area contributed by atoms with Gasteiger partial charge in [0.25, 0.3) is 5.92 Å². The van der Waals surface area contributed by atoms with Gasteiger partial charge in [-0.3, -0.25) is 0 Å². The third-order valence-electron chi connectivity index (χ3n) is 4.05. The quantitative estimate of drug-likeness (QED) is 0.743. The van der Waals surface area contributed by atoms with E-state index in [-0.39, 0.29) is 6.42 Å². The van der Waals surface area contributed by atoms with Crippen LogP contribution in [0.4, 0.5) is 8.78 Å². The van der Waals surface area contributed by atoms with Crippen LogP contribution in [-0.4, -0.2) is 19.0 Å². The Morgan fingerprint density at radius 2 is 2.14 bits per heavy atom. The van der Waals surface area contributed by atoms with Crippen molar-refractivity contribution in [3.8, 4) is 0 Å². The summed E-state index contributed by atoms with van der Waals surface area (Å²) in [5.41, 5.74) is -0.686. The Kier molecular flexibility index (Phi) is 2.33. The Bertz CT molecular complexity index is 223. The highest BCUT2D eigenvalue weighted by Gasteiger charge is 2.67. The summed E-state index contributed by atoms with van der Waals surface area (Å²) in [7, 11) is 0. The van der Waals surface area contributed by atoms with Crippen LogP contribution in [0.25, 0.3) is 0 Å². The van der Waals surface area contributed by atoms with Crippen molar-refractivity contribution in [3.05, 3.63) is 0 Å². The fraction of sp³-hybridized carbons (Fsp3) is 1.00. The number of rotatable bonds is 3. The lowest BCUT2D eigenvalue weighted by Gasteiger charge is -2.21. The first-order chi connectivity index (χ1) is 6.45. The van der Waals surface area contributed by atoms with Crippen LogP contribution < -0.4 is 5.32 Å². The van der Waals surface area contributed by atoms with E-state index in [0.717, 1.165) is 19.5 Å². The van der Waals surface area contributed by atoms with E-state index in [9.17, 15) is 8.78 Å². The Hall–Kier alpha value is -0.180. The molecule has 2 rings (SSSR count). The summed E-state index contributed by atoms with van der Waals surface area (Å²) in [6.45, 7) is 5.92. The summed E-state index contributed by atoms with van der Waals surface area (Å²) in [6, 6.07) is 0. The van der Waals surface area contributed by atoms with Gasteiger partial charge >= 0.3 is 0 Å². The smallest absolute Gasteiger partial charge is 0.254 e. The number of alkyl halides is 2. The van der Waals surface area contributed by atoms with Crippen molar-refractivity contribution in [2.75, 3.05) is 13.1 Å². The third-order valence-corrected chi connectivity index (χ3v) is 4.05. The molecule has 3 heteroatoms. The van der Waals surface area contributed by atoms with Crippen LogP contribution >= 0.6 is 0 Å². The minimum Gasteiger partial charge on any atom is -0.316 e. The molecule has 1 aliphatic carbocycles. The zero-order chi connectivity index (χ0) is 10.4. The second-order valence-corrected chi connectivity index (χ2v) is 5.38. The van der Waals surface area contributed by atoms with Gasteiger partial charge in [-0.25, -0.2) is 8.78 Å². The van der Waals surface area contributed by atoms with Gasteiger partial charge in [-0.15, -0.1) is 0 Å². The van der Waals surface area contributed by atoms with Crippen molar-refractivity contribution in [3.63, 3.8) is 0 Å². The fourth-order valence-corrected chi connectivity index (χ4v) is 2.71.